The fourth-order valence-electron chi connectivity index (χ4n) is 4.76. The maximum atomic E-state index is 13.8. The minimum atomic E-state index is -4.61. The first-order valence-electron chi connectivity index (χ1n) is 12.9. The van der Waals surface area contributed by atoms with Crippen LogP contribution in [-0.2, 0) is 6.18 Å². The minimum Gasteiger partial charge on any atom is -0.481 e. The van der Waals surface area contributed by atoms with Crippen LogP contribution in [-0.4, -0.2) is 94.2 Å². The predicted molar refractivity (Wildman–Crippen MR) is 140 cm³/mol. The monoisotopic (exact) mass is 566 g/mol. The molecule has 2 aromatic rings. The Morgan fingerprint density at radius 3 is 2.75 bits per heavy atom. The standard InChI is InChI=1S/C26H33F3N6O5/c1-4-34-8-6-18(12-34)35(25(38)33-17-5-7-30-21(10-17)40-14-19(37)13-36)23-15(2)32-22(23)20-9-16(26(27,28)29)11-31-24(20)39-3/h5,7,9-11,15,18-19,32,36-37H,4,6,8,12-14H2,1-3H3,(H,30,33,38)/t15-,18+,19+/m1/s1. The van der Waals surface area contributed by atoms with Gasteiger partial charge in [-0.1, -0.05) is 6.92 Å². The van der Waals surface area contributed by atoms with Crippen LogP contribution in [0.3, 0.4) is 0 Å². The van der Waals surface area contributed by atoms with E-state index in [-0.39, 0.29) is 36.0 Å². The molecule has 2 aliphatic rings. The minimum absolute atomic E-state index is 0.00264. The number of likely N-dealkylation sites (tertiary alicyclic amines) is 1. The number of aliphatic hydroxyl groups is 2. The number of pyridine rings is 2. The Bertz CT molecular complexity index is 1240. The molecule has 0 spiro atoms. The van der Waals surface area contributed by atoms with E-state index in [0.717, 1.165) is 19.2 Å². The van der Waals surface area contributed by atoms with Gasteiger partial charge in [0.15, 0.2) is 0 Å². The van der Waals surface area contributed by atoms with Gasteiger partial charge in [0, 0.05) is 37.2 Å². The summed E-state index contributed by atoms with van der Waals surface area (Å²) in [7, 11) is 1.32. The van der Waals surface area contributed by atoms with Crippen molar-refractivity contribution in [3.05, 3.63) is 47.4 Å². The third-order valence-corrected chi connectivity index (χ3v) is 6.83. The van der Waals surface area contributed by atoms with E-state index in [1.807, 2.05) is 13.8 Å². The van der Waals surface area contributed by atoms with E-state index in [2.05, 4.69) is 25.5 Å². The number of ether oxygens (including phenoxy) is 2. The molecule has 2 aromatic heterocycles. The highest BCUT2D eigenvalue weighted by Gasteiger charge is 2.42. The van der Waals surface area contributed by atoms with Crippen LogP contribution in [0.15, 0.2) is 36.3 Å². The summed E-state index contributed by atoms with van der Waals surface area (Å²) < 4.78 is 51.3. The van der Waals surface area contributed by atoms with Gasteiger partial charge in [-0.3, -0.25) is 4.90 Å². The summed E-state index contributed by atoms with van der Waals surface area (Å²) in [5, 5.41) is 24.5. The maximum absolute atomic E-state index is 13.8. The van der Waals surface area contributed by atoms with Crippen molar-refractivity contribution in [3.8, 4) is 11.8 Å². The Balaban J connectivity index is 1.70. The number of carbonyl (C=O) groups is 1. The Kier molecular flexibility index (Phi) is 9.01. The lowest BCUT2D eigenvalue weighted by molar-refractivity contribution is -0.137. The van der Waals surface area contributed by atoms with Gasteiger partial charge in [-0.2, -0.15) is 13.2 Å². The van der Waals surface area contributed by atoms with E-state index >= 15 is 0 Å². The average Bonchev–Trinajstić information content (AvgIpc) is 3.41. The van der Waals surface area contributed by atoms with Gasteiger partial charge >= 0.3 is 12.2 Å². The van der Waals surface area contributed by atoms with Gasteiger partial charge in [-0.05, 0) is 32.0 Å². The molecule has 14 heteroatoms. The number of methoxy groups -OCH3 is 1. The molecule has 40 heavy (non-hydrogen) atoms. The zero-order chi connectivity index (χ0) is 29.0. The Morgan fingerprint density at radius 1 is 1.35 bits per heavy atom. The number of nitrogens with one attached hydrogen (secondary N) is 2. The second-order valence-corrected chi connectivity index (χ2v) is 9.57. The van der Waals surface area contributed by atoms with Crippen LogP contribution in [0.1, 0.15) is 31.4 Å². The highest BCUT2D eigenvalue weighted by molar-refractivity contribution is 5.93. The van der Waals surface area contributed by atoms with Crippen molar-refractivity contribution < 1.29 is 37.7 Å². The maximum Gasteiger partial charge on any atom is 0.417 e. The summed E-state index contributed by atoms with van der Waals surface area (Å²) in [6.07, 6.45) is -2.88. The highest BCUT2D eigenvalue weighted by Crippen LogP contribution is 2.39. The van der Waals surface area contributed by atoms with Crippen LogP contribution < -0.4 is 20.1 Å². The lowest BCUT2D eigenvalue weighted by atomic mass is 9.96. The van der Waals surface area contributed by atoms with Crippen molar-refractivity contribution in [2.24, 2.45) is 0 Å². The molecule has 0 unspecified atom stereocenters. The van der Waals surface area contributed by atoms with Crippen molar-refractivity contribution in [2.45, 2.75) is 44.6 Å². The smallest absolute Gasteiger partial charge is 0.417 e. The summed E-state index contributed by atoms with van der Waals surface area (Å²) in [4.78, 5) is 25.5. The van der Waals surface area contributed by atoms with Gasteiger partial charge < -0.3 is 35.2 Å². The van der Waals surface area contributed by atoms with E-state index in [9.17, 15) is 23.1 Å². The fraction of sp³-hybridized carbons (Fsp3) is 0.500. The molecular weight excluding hydrogens is 533 g/mol. The number of amides is 2. The number of nitrogens with zero attached hydrogens (tertiary/aromatic N) is 4. The highest BCUT2D eigenvalue weighted by atomic mass is 19.4. The van der Waals surface area contributed by atoms with Crippen LogP contribution in [0.2, 0.25) is 0 Å². The van der Waals surface area contributed by atoms with Gasteiger partial charge in [-0.25, -0.2) is 14.8 Å². The largest absolute Gasteiger partial charge is 0.481 e. The molecular formula is C26H33F3N6O5. The number of halogens is 3. The van der Waals surface area contributed by atoms with Crippen LogP contribution in [0.4, 0.5) is 23.7 Å². The molecule has 3 atom stereocenters. The number of anilines is 1. The van der Waals surface area contributed by atoms with Crippen molar-refractivity contribution >= 4 is 17.4 Å². The van der Waals surface area contributed by atoms with Gasteiger partial charge in [0.1, 0.15) is 12.7 Å². The van der Waals surface area contributed by atoms with E-state index in [0.29, 0.717) is 36.2 Å². The van der Waals surface area contributed by atoms with Gasteiger partial charge in [0.05, 0.1) is 48.3 Å². The molecule has 1 saturated heterocycles. The normalized spacial score (nSPS) is 20.0. The number of alkyl halides is 3. The van der Waals surface area contributed by atoms with Crippen molar-refractivity contribution in [1.82, 2.24) is 25.1 Å². The van der Waals surface area contributed by atoms with E-state index in [4.69, 9.17) is 14.6 Å². The summed E-state index contributed by atoms with van der Waals surface area (Å²) >= 11 is 0. The molecule has 4 heterocycles. The SMILES string of the molecule is CCN1CC[C@H](N(C(=O)Nc2ccnc(OC[C@@H](O)CO)c2)C2=C(c3cc(C(F)(F)F)cnc3OC)N[C@@H]2C)C1. The molecule has 4 rings (SSSR count). The fourth-order valence-corrected chi connectivity index (χ4v) is 4.76. The predicted octanol–water partition coefficient (Wildman–Crippen LogP) is 2.52. The molecule has 4 N–H and O–H groups in total. The van der Waals surface area contributed by atoms with Crippen LogP contribution in [0.5, 0.6) is 11.8 Å². The topological polar surface area (TPSA) is 132 Å². The number of likely N-dealkylation sites (N-methyl/N-ethyl adjacent to an activating group) is 1. The lowest BCUT2D eigenvalue weighted by Gasteiger charge is -2.42. The molecule has 0 bridgehead atoms. The van der Waals surface area contributed by atoms with Crippen LogP contribution in [0.25, 0.3) is 5.70 Å². The van der Waals surface area contributed by atoms with Crippen LogP contribution in [0, 0.1) is 0 Å². The van der Waals surface area contributed by atoms with E-state index < -0.39 is 30.5 Å². The molecule has 2 aliphatic heterocycles. The van der Waals surface area contributed by atoms with Crippen molar-refractivity contribution in [1.29, 1.82) is 0 Å². The van der Waals surface area contributed by atoms with Crippen molar-refractivity contribution in [2.75, 3.05) is 45.3 Å². The lowest BCUT2D eigenvalue weighted by Crippen LogP contribution is -2.54. The van der Waals surface area contributed by atoms with Crippen molar-refractivity contribution in [3.63, 3.8) is 0 Å². The third-order valence-electron chi connectivity index (χ3n) is 6.83. The number of aromatic nitrogens is 2. The summed E-state index contributed by atoms with van der Waals surface area (Å²) in [6.45, 7) is 5.34. The molecule has 2 amide bonds. The Hall–Kier alpha value is -3.62. The second-order valence-electron chi connectivity index (χ2n) is 9.57. The number of hydrogen-bond acceptors (Lipinski definition) is 9. The van der Waals surface area contributed by atoms with E-state index in [1.165, 1.54) is 19.4 Å². The van der Waals surface area contributed by atoms with E-state index in [1.54, 1.807) is 11.0 Å². The molecule has 0 saturated carbocycles. The summed E-state index contributed by atoms with van der Waals surface area (Å²) in [6, 6.07) is 2.95. The number of hydrogen-bond donors (Lipinski definition) is 4. The first-order valence-corrected chi connectivity index (χ1v) is 12.9. The number of urea groups is 1. The first-order chi connectivity index (χ1) is 19.0. The van der Waals surface area contributed by atoms with Crippen LogP contribution >= 0.6 is 0 Å². The Morgan fingerprint density at radius 2 is 2.12 bits per heavy atom. The van der Waals surface area contributed by atoms with Gasteiger partial charge in [-0.15, -0.1) is 0 Å². The number of aliphatic hydroxyl groups excluding tert-OH is 2. The molecule has 11 nitrogen and oxygen atoms in total. The second kappa shape index (κ2) is 12.3. The number of rotatable bonds is 10. The van der Waals surface area contributed by atoms with Gasteiger partial charge in [0.2, 0.25) is 11.8 Å². The third kappa shape index (κ3) is 6.40. The molecule has 0 aromatic carbocycles. The first kappa shape index (κ1) is 29.4. The molecule has 0 aliphatic carbocycles. The summed E-state index contributed by atoms with van der Waals surface area (Å²) in [5.74, 6) is 0.135. The average molecular weight is 567 g/mol. The Labute approximate surface area is 229 Å². The van der Waals surface area contributed by atoms with Gasteiger partial charge in [0.25, 0.3) is 0 Å². The number of carbonyl (C=O) groups excluding carboxylic acids is 1. The molecule has 0 radical (unpaired) electrons. The summed E-state index contributed by atoms with van der Waals surface area (Å²) in [5.41, 5.74) is 0.405. The zero-order valence-electron chi connectivity index (χ0n) is 22.4. The molecule has 1 fully saturated rings. The zero-order valence-corrected chi connectivity index (χ0v) is 22.4. The molecule has 218 valence electrons. The quantitative estimate of drug-likeness (QED) is 0.343.